The highest BCUT2D eigenvalue weighted by Crippen LogP contribution is 2.25. The average molecular weight is 359 g/mol. The summed E-state index contributed by atoms with van der Waals surface area (Å²) in [4.78, 5) is 28.0. The zero-order valence-corrected chi connectivity index (χ0v) is 15.6. The van der Waals surface area contributed by atoms with Crippen molar-refractivity contribution in [3.05, 3.63) is 24.3 Å². The Morgan fingerprint density at radius 3 is 2.77 bits per heavy atom. The number of carbonyl (C=O) groups is 2. The third kappa shape index (κ3) is 4.75. The second-order valence-electron chi connectivity index (χ2n) is 7.15. The molecule has 0 bridgehead atoms. The summed E-state index contributed by atoms with van der Waals surface area (Å²) in [5.74, 6) is 1.54. The largest absolute Gasteiger partial charge is 0.484 e. The number of anilines is 1. The molecule has 1 N–H and O–H groups in total. The number of benzene rings is 1. The van der Waals surface area contributed by atoms with E-state index in [-0.39, 0.29) is 18.4 Å². The number of ether oxygens (including phenoxy) is 1. The van der Waals surface area contributed by atoms with E-state index in [1.54, 1.807) is 4.90 Å². The van der Waals surface area contributed by atoms with Crippen LogP contribution in [0.3, 0.4) is 0 Å². The van der Waals surface area contributed by atoms with Crippen molar-refractivity contribution in [3.8, 4) is 5.75 Å². The fourth-order valence-electron chi connectivity index (χ4n) is 3.72. The molecule has 2 heterocycles. The summed E-state index contributed by atoms with van der Waals surface area (Å²) in [5.41, 5.74) is 0.850. The molecule has 1 aromatic carbocycles. The molecular weight excluding hydrogens is 330 g/mol. The number of hydrogen-bond acceptors (Lipinski definition) is 4. The Morgan fingerprint density at radius 1 is 1.27 bits per heavy atom. The van der Waals surface area contributed by atoms with Gasteiger partial charge in [-0.1, -0.05) is 6.07 Å². The van der Waals surface area contributed by atoms with Gasteiger partial charge in [0.25, 0.3) is 5.91 Å². The summed E-state index contributed by atoms with van der Waals surface area (Å²) in [6.45, 7) is 3.48. The summed E-state index contributed by atoms with van der Waals surface area (Å²) in [6.07, 6.45) is 4.82. The van der Waals surface area contributed by atoms with Gasteiger partial charge in [0.05, 0.1) is 0 Å². The van der Waals surface area contributed by atoms with Crippen LogP contribution in [-0.4, -0.2) is 56.5 Å². The minimum Gasteiger partial charge on any atom is -0.484 e. The first-order valence-corrected chi connectivity index (χ1v) is 9.63. The first-order chi connectivity index (χ1) is 12.7. The maximum absolute atomic E-state index is 12.4. The molecule has 2 amide bonds. The van der Waals surface area contributed by atoms with Gasteiger partial charge in [0, 0.05) is 37.8 Å². The summed E-state index contributed by atoms with van der Waals surface area (Å²) < 4.78 is 5.71. The van der Waals surface area contributed by atoms with Crippen molar-refractivity contribution in [3.63, 3.8) is 0 Å². The number of piperidine rings is 1. The van der Waals surface area contributed by atoms with Gasteiger partial charge in [-0.05, 0) is 57.3 Å². The molecule has 1 aromatic rings. The van der Waals surface area contributed by atoms with E-state index in [0.29, 0.717) is 18.1 Å². The third-order valence-electron chi connectivity index (χ3n) is 5.33. The van der Waals surface area contributed by atoms with Gasteiger partial charge in [-0.25, -0.2) is 0 Å². The number of hydrogen-bond donors (Lipinski definition) is 1. The van der Waals surface area contributed by atoms with Crippen LogP contribution in [0, 0.1) is 5.92 Å². The van der Waals surface area contributed by atoms with Gasteiger partial charge in [-0.3, -0.25) is 9.59 Å². The van der Waals surface area contributed by atoms with Crippen molar-refractivity contribution in [2.75, 3.05) is 44.7 Å². The van der Waals surface area contributed by atoms with E-state index in [0.717, 1.165) is 51.1 Å². The molecule has 142 valence electrons. The Hall–Kier alpha value is -2.08. The van der Waals surface area contributed by atoms with Crippen LogP contribution in [0.4, 0.5) is 5.69 Å². The number of carbonyl (C=O) groups excluding carboxylic acids is 2. The van der Waals surface area contributed by atoms with Crippen LogP contribution in [0.2, 0.25) is 0 Å². The Labute approximate surface area is 155 Å². The molecule has 0 spiro atoms. The van der Waals surface area contributed by atoms with E-state index in [2.05, 4.69) is 5.32 Å². The molecule has 2 aliphatic heterocycles. The second kappa shape index (κ2) is 9.03. The number of rotatable bonds is 7. The normalized spacial score (nSPS) is 18.4. The van der Waals surface area contributed by atoms with Crippen molar-refractivity contribution < 1.29 is 14.3 Å². The summed E-state index contributed by atoms with van der Waals surface area (Å²) in [5, 5.41) is 3.19. The molecular formula is C20H29N3O3. The second-order valence-corrected chi connectivity index (χ2v) is 7.15. The first-order valence-electron chi connectivity index (χ1n) is 9.63. The predicted octanol–water partition coefficient (Wildman–Crippen LogP) is 2.04. The standard InChI is InChI=1S/C20H29N3O3/c1-21-10-7-16-8-12-22(13-9-16)20(25)15-26-18-5-2-4-17(14-18)23-11-3-6-19(23)24/h2,4-5,14,16,21H,3,6-13,15H2,1H3. The van der Waals surface area contributed by atoms with E-state index >= 15 is 0 Å². The van der Waals surface area contributed by atoms with Gasteiger partial charge in [-0.15, -0.1) is 0 Å². The fourth-order valence-corrected chi connectivity index (χ4v) is 3.72. The molecule has 6 nitrogen and oxygen atoms in total. The lowest BCUT2D eigenvalue weighted by Gasteiger charge is -2.32. The first kappa shape index (κ1) is 18.7. The Morgan fingerprint density at radius 2 is 2.08 bits per heavy atom. The number of nitrogens with zero attached hydrogens (tertiary/aromatic N) is 2. The van der Waals surface area contributed by atoms with Gasteiger partial charge in [0.2, 0.25) is 5.91 Å². The molecule has 0 aliphatic carbocycles. The smallest absolute Gasteiger partial charge is 0.260 e. The lowest BCUT2D eigenvalue weighted by molar-refractivity contribution is -0.134. The predicted molar refractivity (Wildman–Crippen MR) is 101 cm³/mol. The molecule has 3 rings (SSSR count). The van der Waals surface area contributed by atoms with Crippen molar-refractivity contribution in [1.29, 1.82) is 0 Å². The molecule has 0 atom stereocenters. The Kier molecular flexibility index (Phi) is 6.50. The molecule has 6 heteroatoms. The molecule has 0 aromatic heterocycles. The minimum absolute atomic E-state index is 0.0414. The Bertz CT molecular complexity index is 626. The van der Waals surface area contributed by atoms with Crippen LogP contribution in [0.1, 0.15) is 32.1 Å². The lowest BCUT2D eigenvalue weighted by atomic mass is 9.93. The number of likely N-dealkylation sites (tertiary alicyclic amines) is 1. The van der Waals surface area contributed by atoms with Crippen LogP contribution in [0.5, 0.6) is 5.75 Å². The van der Waals surface area contributed by atoms with E-state index in [1.807, 2.05) is 36.2 Å². The van der Waals surface area contributed by atoms with E-state index in [4.69, 9.17) is 4.74 Å². The van der Waals surface area contributed by atoms with Crippen LogP contribution in [0.25, 0.3) is 0 Å². The SMILES string of the molecule is CNCCC1CCN(C(=O)COc2cccc(N3CCCC3=O)c2)CC1. The van der Waals surface area contributed by atoms with Crippen molar-refractivity contribution in [2.45, 2.75) is 32.1 Å². The third-order valence-corrected chi connectivity index (χ3v) is 5.33. The van der Waals surface area contributed by atoms with Crippen LogP contribution in [-0.2, 0) is 9.59 Å². The summed E-state index contributed by atoms with van der Waals surface area (Å²) in [6, 6.07) is 7.46. The zero-order chi connectivity index (χ0) is 18.4. The van der Waals surface area contributed by atoms with Gasteiger partial charge in [-0.2, -0.15) is 0 Å². The molecule has 0 radical (unpaired) electrons. The highest BCUT2D eigenvalue weighted by molar-refractivity contribution is 5.95. The van der Waals surface area contributed by atoms with Crippen LogP contribution in [0.15, 0.2) is 24.3 Å². The van der Waals surface area contributed by atoms with Gasteiger partial charge >= 0.3 is 0 Å². The average Bonchev–Trinajstić information content (AvgIpc) is 3.11. The van der Waals surface area contributed by atoms with Crippen LogP contribution >= 0.6 is 0 Å². The zero-order valence-electron chi connectivity index (χ0n) is 15.6. The highest BCUT2D eigenvalue weighted by Gasteiger charge is 2.24. The highest BCUT2D eigenvalue weighted by atomic mass is 16.5. The van der Waals surface area contributed by atoms with Crippen molar-refractivity contribution >= 4 is 17.5 Å². The van der Waals surface area contributed by atoms with Crippen molar-refractivity contribution in [2.24, 2.45) is 5.92 Å². The Balaban J connectivity index is 1.47. The molecule has 2 saturated heterocycles. The number of nitrogens with one attached hydrogen (secondary N) is 1. The van der Waals surface area contributed by atoms with E-state index in [9.17, 15) is 9.59 Å². The van der Waals surface area contributed by atoms with E-state index < -0.39 is 0 Å². The number of amides is 2. The molecule has 2 fully saturated rings. The van der Waals surface area contributed by atoms with Crippen LogP contribution < -0.4 is 15.0 Å². The fraction of sp³-hybridized carbons (Fsp3) is 0.600. The molecule has 2 aliphatic rings. The molecule has 0 unspecified atom stereocenters. The van der Waals surface area contributed by atoms with Gasteiger partial charge < -0.3 is 19.9 Å². The minimum atomic E-state index is 0.0414. The lowest BCUT2D eigenvalue weighted by Crippen LogP contribution is -2.41. The maximum atomic E-state index is 12.4. The summed E-state index contributed by atoms with van der Waals surface area (Å²) >= 11 is 0. The topological polar surface area (TPSA) is 61.9 Å². The monoisotopic (exact) mass is 359 g/mol. The molecule has 0 saturated carbocycles. The maximum Gasteiger partial charge on any atom is 0.260 e. The van der Waals surface area contributed by atoms with Gasteiger partial charge in [0.1, 0.15) is 5.75 Å². The quantitative estimate of drug-likeness (QED) is 0.809. The van der Waals surface area contributed by atoms with Crippen molar-refractivity contribution in [1.82, 2.24) is 10.2 Å². The molecule has 26 heavy (non-hydrogen) atoms. The van der Waals surface area contributed by atoms with E-state index in [1.165, 1.54) is 6.42 Å². The van der Waals surface area contributed by atoms with Gasteiger partial charge in [0.15, 0.2) is 6.61 Å². The summed E-state index contributed by atoms with van der Waals surface area (Å²) in [7, 11) is 1.98.